The second kappa shape index (κ2) is 3.77. The number of hydrogen-bond donors (Lipinski definition) is 1. The number of allylic oxidation sites excluding steroid dienone is 1. The molecule has 1 spiro atoms. The zero-order valence-electron chi connectivity index (χ0n) is 10.4. The Labute approximate surface area is 107 Å². The molecule has 17 heavy (non-hydrogen) atoms. The van der Waals surface area contributed by atoms with Crippen LogP contribution < -0.4 is 5.32 Å². The molecule has 0 saturated heterocycles. The van der Waals surface area contributed by atoms with E-state index in [9.17, 15) is 0 Å². The number of aryl methyl sites for hydroxylation is 1. The molecular formula is C13H18ClN3. The van der Waals surface area contributed by atoms with E-state index < -0.39 is 0 Å². The van der Waals surface area contributed by atoms with Crippen molar-refractivity contribution >= 4 is 22.6 Å². The van der Waals surface area contributed by atoms with E-state index in [0.29, 0.717) is 5.41 Å². The number of nitrogens with zero attached hydrogens (tertiary/aromatic N) is 2. The van der Waals surface area contributed by atoms with E-state index in [1.807, 2.05) is 24.9 Å². The molecule has 1 aromatic heterocycles. The largest absolute Gasteiger partial charge is 0.373 e. The van der Waals surface area contributed by atoms with E-state index in [2.05, 4.69) is 10.4 Å². The molecule has 0 aromatic carbocycles. The Hall–Kier alpha value is -0.960. The fraction of sp³-hybridized carbons (Fsp3) is 0.615. The van der Waals surface area contributed by atoms with Gasteiger partial charge in [-0.05, 0) is 50.0 Å². The molecule has 2 fully saturated rings. The monoisotopic (exact) mass is 251 g/mol. The summed E-state index contributed by atoms with van der Waals surface area (Å²) in [5.74, 6) is 0.999. The van der Waals surface area contributed by atoms with Crippen LogP contribution in [-0.2, 0) is 0 Å². The second-order valence-corrected chi connectivity index (χ2v) is 5.77. The van der Waals surface area contributed by atoms with Crippen LogP contribution in [-0.4, -0.2) is 16.8 Å². The Morgan fingerprint density at radius 3 is 2.82 bits per heavy atom. The fourth-order valence-corrected chi connectivity index (χ4v) is 3.15. The van der Waals surface area contributed by atoms with Crippen molar-refractivity contribution in [1.82, 2.24) is 9.78 Å². The minimum absolute atomic E-state index is 0.622. The number of hydrogen-bond acceptors (Lipinski definition) is 2. The highest BCUT2D eigenvalue weighted by Gasteiger charge is 2.47. The van der Waals surface area contributed by atoms with Gasteiger partial charge in [0.25, 0.3) is 0 Å². The van der Waals surface area contributed by atoms with E-state index in [4.69, 9.17) is 11.6 Å². The van der Waals surface area contributed by atoms with Gasteiger partial charge >= 0.3 is 0 Å². The third-order valence-electron chi connectivity index (χ3n) is 4.17. The number of nitrogens with one attached hydrogen (secondary N) is 1. The van der Waals surface area contributed by atoms with Crippen molar-refractivity contribution < 1.29 is 0 Å². The van der Waals surface area contributed by atoms with Gasteiger partial charge in [-0.2, -0.15) is 5.10 Å². The quantitative estimate of drug-likeness (QED) is 0.870. The third-order valence-corrected chi connectivity index (χ3v) is 4.60. The van der Waals surface area contributed by atoms with Crippen LogP contribution in [0.4, 0.5) is 5.82 Å². The lowest BCUT2D eigenvalue weighted by molar-refractivity contribution is 0.543. The first-order chi connectivity index (χ1) is 8.15. The van der Waals surface area contributed by atoms with Gasteiger partial charge in [0, 0.05) is 12.6 Å². The van der Waals surface area contributed by atoms with Crippen LogP contribution in [0, 0.1) is 12.3 Å². The molecule has 1 N–H and O–H groups in total. The van der Waals surface area contributed by atoms with Crippen molar-refractivity contribution in [3.63, 3.8) is 0 Å². The van der Waals surface area contributed by atoms with Gasteiger partial charge in [-0.1, -0.05) is 11.6 Å². The van der Waals surface area contributed by atoms with Crippen LogP contribution in [0.5, 0.6) is 0 Å². The number of rotatable bonds is 2. The Morgan fingerprint density at radius 1 is 1.47 bits per heavy atom. The summed E-state index contributed by atoms with van der Waals surface area (Å²) in [6, 6.07) is 0. The van der Waals surface area contributed by atoms with Crippen LogP contribution in [0.25, 0.3) is 5.16 Å². The smallest absolute Gasteiger partial charge is 0.133 e. The number of anilines is 1. The molecule has 2 aliphatic carbocycles. The highest BCUT2D eigenvalue weighted by Crippen LogP contribution is 2.60. The summed E-state index contributed by atoms with van der Waals surface area (Å²) >= 11 is 6.50. The van der Waals surface area contributed by atoms with Crippen LogP contribution >= 0.6 is 11.6 Å². The zero-order valence-corrected chi connectivity index (χ0v) is 11.1. The van der Waals surface area contributed by atoms with E-state index in [0.717, 1.165) is 23.0 Å². The van der Waals surface area contributed by atoms with Gasteiger partial charge in [0.2, 0.25) is 0 Å². The van der Waals surface area contributed by atoms with Crippen LogP contribution in [0.3, 0.4) is 0 Å². The van der Waals surface area contributed by atoms with Gasteiger partial charge < -0.3 is 5.32 Å². The molecule has 0 bridgehead atoms. The van der Waals surface area contributed by atoms with Crippen LogP contribution in [0.2, 0.25) is 0 Å². The predicted octanol–water partition coefficient (Wildman–Crippen LogP) is 3.60. The van der Waals surface area contributed by atoms with Gasteiger partial charge in [-0.3, -0.25) is 0 Å². The molecule has 4 heteroatoms. The highest BCUT2D eigenvalue weighted by atomic mass is 35.5. The Bertz CT molecular complexity index is 483. The van der Waals surface area contributed by atoms with Crippen LogP contribution in [0.15, 0.2) is 11.8 Å². The van der Waals surface area contributed by atoms with Gasteiger partial charge in [0.1, 0.15) is 11.0 Å². The lowest BCUT2D eigenvalue weighted by atomic mass is 10.1. The Morgan fingerprint density at radius 2 is 2.24 bits per heavy atom. The molecule has 2 aliphatic rings. The van der Waals surface area contributed by atoms with Crippen LogP contribution in [0.1, 0.15) is 37.7 Å². The standard InChI is InChI=1S/C13H18ClN3/c1-9-8-16-17(12(9)15-2)11(14)10-3-4-13(7-10)5-6-13/h8,15H,3-7H2,1-2H3/b11-10-. The van der Waals surface area contributed by atoms with E-state index in [1.165, 1.54) is 31.3 Å². The minimum Gasteiger partial charge on any atom is -0.373 e. The van der Waals surface area contributed by atoms with Crippen molar-refractivity contribution in [1.29, 1.82) is 0 Å². The lowest BCUT2D eigenvalue weighted by Crippen LogP contribution is -2.03. The first kappa shape index (κ1) is 11.1. The van der Waals surface area contributed by atoms with Gasteiger partial charge in [0.15, 0.2) is 0 Å². The van der Waals surface area contributed by atoms with E-state index >= 15 is 0 Å². The molecule has 1 heterocycles. The summed E-state index contributed by atoms with van der Waals surface area (Å²) in [4.78, 5) is 0. The maximum atomic E-state index is 6.50. The Balaban J connectivity index is 1.95. The molecule has 92 valence electrons. The normalized spacial score (nSPS) is 24.2. The summed E-state index contributed by atoms with van der Waals surface area (Å²) in [5, 5.41) is 8.34. The average molecular weight is 252 g/mol. The lowest BCUT2D eigenvalue weighted by Gasteiger charge is -2.09. The Kier molecular flexibility index (Phi) is 2.47. The first-order valence-corrected chi connectivity index (χ1v) is 6.63. The molecule has 0 unspecified atom stereocenters. The highest BCUT2D eigenvalue weighted by molar-refractivity contribution is 6.45. The van der Waals surface area contributed by atoms with Crippen molar-refractivity contribution in [2.75, 3.05) is 12.4 Å². The van der Waals surface area contributed by atoms with Crippen molar-refractivity contribution in [2.24, 2.45) is 5.41 Å². The predicted molar refractivity (Wildman–Crippen MR) is 71.1 cm³/mol. The summed E-state index contributed by atoms with van der Waals surface area (Å²) in [5.41, 5.74) is 3.13. The zero-order chi connectivity index (χ0) is 12.0. The first-order valence-electron chi connectivity index (χ1n) is 6.25. The molecular weight excluding hydrogens is 234 g/mol. The summed E-state index contributed by atoms with van der Waals surface area (Å²) in [7, 11) is 1.91. The molecule has 0 radical (unpaired) electrons. The molecule has 0 aliphatic heterocycles. The molecule has 3 nitrogen and oxygen atoms in total. The SMILES string of the molecule is CNc1c(C)cnn1/C(Cl)=C1/CCC2(CC2)C1. The van der Waals surface area contributed by atoms with E-state index in [1.54, 1.807) is 0 Å². The molecule has 0 atom stereocenters. The summed E-state index contributed by atoms with van der Waals surface area (Å²) in [6.07, 6.45) is 8.26. The van der Waals surface area contributed by atoms with Crippen molar-refractivity contribution in [2.45, 2.75) is 39.0 Å². The minimum atomic E-state index is 0.622. The van der Waals surface area contributed by atoms with Gasteiger partial charge in [-0.15, -0.1) is 0 Å². The van der Waals surface area contributed by atoms with Gasteiger partial charge in [0.05, 0.1) is 6.20 Å². The molecule has 0 amide bonds. The molecule has 2 saturated carbocycles. The maximum absolute atomic E-state index is 6.50. The third kappa shape index (κ3) is 1.77. The summed E-state index contributed by atoms with van der Waals surface area (Å²) < 4.78 is 1.84. The van der Waals surface area contributed by atoms with Crippen molar-refractivity contribution in [3.05, 3.63) is 17.3 Å². The fourth-order valence-electron chi connectivity index (χ4n) is 2.86. The molecule has 1 aromatic rings. The number of aromatic nitrogens is 2. The summed E-state index contributed by atoms with van der Waals surface area (Å²) in [6.45, 7) is 2.04. The topological polar surface area (TPSA) is 29.9 Å². The maximum Gasteiger partial charge on any atom is 0.133 e. The van der Waals surface area contributed by atoms with E-state index in [-0.39, 0.29) is 0 Å². The molecule has 3 rings (SSSR count). The number of halogens is 1. The second-order valence-electron chi connectivity index (χ2n) is 5.41. The average Bonchev–Trinajstić information content (AvgIpc) is 2.78. The van der Waals surface area contributed by atoms with Gasteiger partial charge in [-0.25, -0.2) is 4.68 Å². The van der Waals surface area contributed by atoms with Crippen molar-refractivity contribution in [3.8, 4) is 0 Å².